The maximum atomic E-state index is 9.38. The summed E-state index contributed by atoms with van der Waals surface area (Å²) in [6.07, 6.45) is 0.907. The summed E-state index contributed by atoms with van der Waals surface area (Å²) in [5, 5.41) is 20.0. The zero-order valence-corrected chi connectivity index (χ0v) is 8.77. The highest BCUT2D eigenvalue weighted by Crippen LogP contribution is 2.34. The van der Waals surface area contributed by atoms with Gasteiger partial charge in [-0.05, 0) is 29.0 Å². The molecule has 0 atom stereocenters. The Hall–Kier alpha value is -1.06. The minimum Gasteiger partial charge on any atom is -0.499 e. The predicted molar refractivity (Wildman–Crippen MR) is 58.8 cm³/mol. The summed E-state index contributed by atoms with van der Waals surface area (Å²) >= 11 is 1.33. The van der Waals surface area contributed by atoms with Crippen LogP contribution in [0.5, 0.6) is 5.06 Å². The smallest absolute Gasteiger partial charge is 0.172 e. The molecule has 1 heterocycles. The predicted octanol–water partition coefficient (Wildman–Crippen LogP) is 2.66. The van der Waals surface area contributed by atoms with Gasteiger partial charge < -0.3 is 10.2 Å². The van der Waals surface area contributed by atoms with Crippen molar-refractivity contribution in [2.45, 2.75) is 20.0 Å². The average Bonchev–Trinajstić information content (AvgIpc) is 2.56. The lowest BCUT2D eigenvalue weighted by atomic mass is 10.0. The van der Waals surface area contributed by atoms with Crippen molar-refractivity contribution in [1.82, 2.24) is 0 Å². The summed E-state index contributed by atoms with van der Waals surface area (Å²) in [6.45, 7) is 2.11. The van der Waals surface area contributed by atoms with Crippen LogP contribution in [0.15, 0.2) is 18.2 Å². The highest BCUT2D eigenvalue weighted by atomic mass is 32.1. The molecule has 0 aliphatic heterocycles. The van der Waals surface area contributed by atoms with E-state index < -0.39 is 0 Å². The van der Waals surface area contributed by atoms with Crippen molar-refractivity contribution in [3.63, 3.8) is 0 Å². The average molecular weight is 208 g/mol. The van der Waals surface area contributed by atoms with Crippen molar-refractivity contribution >= 4 is 21.4 Å². The van der Waals surface area contributed by atoms with Gasteiger partial charge in [-0.1, -0.05) is 30.4 Å². The van der Waals surface area contributed by atoms with Crippen LogP contribution in [0.2, 0.25) is 0 Å². The van der Waals surface area contributed by atoms with E-state index in [0.29, 0.717) is 5.06 Å². The number of aromatic hydroxyl groups is 1. The molecule has 0 aliphatic carbocycles. The molecule has 0 saturated carbocycles. The van der Waals surface area contributed by atoms with Crippen LogP contribution in [0.4, 0.5) is 0 Å². The Kier molecular flexibility index (Phi) is 2.44. The van der Waals surface area contributed by atoms with Gasteiger partial charge in [0.1, 0.15) is 0 Å². The Morgan fingerprint density at radius 3 is 2.79 bits per heavy atom. The Morgan fingerprint density at radius 2 is 2.14 bits per heavy atom. The number of hydrogen-bond acceptors (Lipinski definition) is 3. The van der Waals surface area contributed by atoms with Gasteiger partial charge in [-0.15, -0.1) is 0 Å². The number of aryl methyl sites for hydroxylation is 1. The molecule has 0 bridgehead atoms. The number of hydrogen-bond donors (Lipinski definition) is 2. The maximum Gasteiger partial charge on any atom is 0.172 e. The molecule has 74 valence electrons. The van der Waals surface area contributed by atoms with Crippen molar-refractivity contribution in [1.29, 1.82) is 0 Å². The second-order valence-corrected chi connectivity index (χ2v) is 4.25. The first kappa shape index (κ1) is 9.49. The van der Waals surface area contributed by atoms with Gasteiger partial charge in [0.15, 0.2) is 5.06 Å². The minimum absolute atomic E-state index is 0.0421. The standard InChI is InChI=1S/C11H12O2S/c1-2-7-3-4-8-5-10(13)14-11(8)9(7)6-12/h3-5,12-13H,2,6H2,1H3. The Balaban J connectivity index is 2.75. The zero-order chi connectivity index (χ0) is 10.1. The molecule has 1 aromatic carbocycles. The van der Waals surface area contributed by atoms with Crippen molar-refractivity contribution in [3.05, 3.63) is 29.3 Å². The van der Waals surface area contributed by atoms with E-state index in [1.165, 1.54) is 11.3 Å². The summed E-state index contributed by atoms with van der Waals surface area (Å²) in [5.41, 5.74) is 2.11. The number of aliphatic hydroxyl groups is 1. The minimum atomic E-state index is 0.0421. The van der Waals surface area contributed by atoms with Crippen LogP contribution >= 0.6 is 11.3 Å². The Bertz CT molecular complexity index is 460. The molecule has 2 N–H and O–H groups in total. The van der Waals surface area contributed by atoms with E-state index in [0.717, 1.165) is 27.6 Å². The Labute approximate surface area is 86.4 Å². The molecule has 1 aromatic heterocycles. The monoisotopic (exact) mass is 208 g/mol. The lowest BCUT2D eigenvalue weighted by molar-refractivity contribution is 0.282. The van der Waals surface area contributed by atoms with Crippen molar-refractivity contribution in [3.8, 4) is 5.06 Å². The fraction of sp³-hybridized carbons (Fsp3) is 0.273. The summed E-state index contributed by atoms with van der Waals surface area (Å²) < 4.78 is 1.00. The molecule has 2 nitrogen and oxygen atoms in total. The van der Waals surface area contributed by atoms with Crippen LogP contribution in [0, 0.1) is 0 Å². The van der Waals surface area contributed by atoms with Gasteiger partial charge in [-0.2, -0.15) is 0 Å². The van der Waals surface area contributed by atoms with Crippen LogP contribution < -0.4 is 0 Å². The van der Waals surface area contributed by atoms with Gasteiger partial charge in [-0.25, -0.2) is 0 Å². The summed E-state index contributed by atoms with van der Waals surface area (Å²) in [5.74, 6) is 0. The van der Waals surface area contributed by atoms with E-state index in [4.69, 9.17) is 0 Å². The molecule has 0 spiro atoms. The number of benzene rings is 1. The second-order valence-electron chi connectivity index (χ2n) is 3.22. The quantitative estimate of drug-likeness (QED) is 0.796. The fourth-order valence-corrected chi connectivity index (χ4v) is 2.65. The lowest BCUT2D eigenvalue weighted by Gasteiger charge is -2.05. The van der Waals surface area contributed by atoms with Crippen LogP contribution in [-0.4, -0.2) is 10.2 Å². The number of rotatable bonds is 2. The molecule has 0 fully saturated rings. The first-order valence-electron chi connectivity index (χ1n) is 4.60. The fourth-order valence-electron chi connectivity index (χ4n) is 1.69. The van der Waals surface area contributed by atoms with Crippen LogP contribution in [-0.2, 0) is 13.0 Å². The molecule has 0 aliphatic rings. The second kappa shape index (κ2) is 3.59. The van der Waals surface area contributed by atoms with Crippen molar-refractivity contribution in [2.24, 2.45) is 0 Å². The van der Waals surface area contributed by atoms with Crippen LogP contribution in [0.3, 0.4) is 0 Å². The molecule has 0 unspecified atom stereocenters. The zero-order valence-electron chi connectivity index (χ0n) is 7.95. The van der Waals surface area contributed by atoms with E-state index in [1.54, 1.807) is 6.07 Å². The largest absolute Gasteiger partial charge is 0.499 e. The molecule has 14 heavy (non-hydrogen) atoms. The Morgan fingerprint density at radius 1 is 1.36 bits per heavy atom. The van der Waals surface area contributed by atoms with E-state index in [9.17, 15) is 10.2 Å². The molecule has 2 rings (SSSR count). The normalized spacial score (nSPS) is 11.0. The molecule has 3 heteroatoms. The topological polar surface area (TPSA) is 40.5 Å². The van der Waals surface area contributed by atoms with Crippen molar-refractivity contribution < 1.29 is 10.2 Å². The third kappa shape index (κ3) is 1.38. The summed E-state index contributed by atoms with van der Waals surface area (Å²) in [7, 11) is 0. The summed E-state index contributed by atoms with van der Waals surface area (Å²) in [4.78, 5) is 0. The van der Waals surface area contributed by atoms with Gasteiger partial charge in [0, 0.05) is 4.70 Å². The first-order chi connectivity index (χ1) is 6.76. The molecule has 0 amide bonds. The molecule has 2 aromatic rings. The molecule has 0 saturated heterocycles. The van der Waals surface area contributed by atoms with Gasteiger partial charge >= 0.3 is 0 Å². The number of thiophene rings is 1. The number of aliphatic hydroxyl groups excluding tert-OH is 1. The number of fused-ring (bicyclic) bond motifs is 1. The molecular formula is C11H12O2S. The third-order valence-electron chi connectivity index (χ3n) is 2.41. The lowest BCUT2D eigenvalue weighted by Crippen LogP contribution is -1.91. The van der Waals surface area contributed by atoms with Crippen molar-refractivity contribution in [2.75, 3.05) is 0 Å². The highest BCUT2D eigenvalue weighted by molar-refractivity contribution is 7.20. The van der Waals surface area contributed by atoms with Crippen LogP contribution in [0.25, 0.3) is 10.1 Å². The first-order valence-corrected chi connectivity index (χ1v) is 5.42. The van der Waals surface area contributed by atoms with Gasteiger partial charge in [0.25, 0.3) is 0 Å². The van der Waals surface area contributed by atoms with E-state index in [2.05, 4.69) is 6.92 Å². The van der Waals surface area contributed by atoms with Gasteiger partial charge in [-0.3, -0.25) is 0 Å². The van der Waals surface area contributed by atoms with Crippen LogP contribution in [0.1, 0.15) is 18.1 Å². The molecule has 0 radical (unpaired) electrons. The van der Waals surface area contributed by atoms with E-state index >= 15 is 0 Å². The van der Waals surface area contributed by atoms with E-state index in [1.807, 2.05) is 12.1 Å². The SMILES string of the molecule is CCc1ccc2cc(O)sc2c1CO. The van der Waals surface area contributed by atoms with E-state index in [-0.39, 0.29) is 6.61 Å². The highest BCUT2D eigenvalue weighted by Gasteiger charge is 2.08. The van der Waals surface area contributed by atoms with Gasteiger partial charge in [0.05, 0.1) is 6.61 Å². The maximum absolute atomic E-state index is 9.38. The summed E-state index contributed by atoms with van der Waals surface area (Å²) in [6, 6.07) is 5.74. The van der Waals surface area contributed by atoms with Gasteiger partial charge in [0.2, 0.25) is 0 Å². The molecular weight excluding hydrogens is 196 g/mol. The third-order valence-corrected chi connectivity index (χ3v) is 3.43.